The van der Waals surface area contributed by atoms with Gasteiger partial charge in [0.15, 0.2) is 11.5 Å². The lowest BCUT2D eigenvalue weighted by Gasteiger charge is -2.15. The van der Waals surface area contributed by atoms with Crippen LogP contribution in [0.15, 0.2) is 47.1 Å². The van der Waals surface area contributed by atoms with Crippen molar-refractivity contribution in [2.75, 3.05) is 5.32 Å². The van der Waals surface area contributed by atoms with Gasteiger partial charge in [0.05, 0.1) is 11.3 Å². The van der Waals surface area contributed by atoms with Gasteiger partial charge in [-0.2, -0.15) is 4.98 Å². The van der Waals surface area contributed by atoms with Crippen LogP contribution < -0.4 is 5.32 Å². The summed E-state index contributed by atoms with van der Waals surface area (Å²) in [5.74, 6) is 1.02. The number of nitrogens with zero attached hydrogens (tertiary/aromatic N) is 4. The van der Waals surface area contributed by atoms with Crippen LogP contribution in [-0.2, 0) is 6.42 Å². The highest BCUT2D eigenvalue weighted by Gasteiger charge is 2.17. The Balaban J connectivity index is 1.94. The van der Waals surface area contributed by atoms with E-state index in [0.29, 0.717) is 17.4 Å². The van der Waals surface area contributed by atoms with Crippen molar-refractivity contribution in [3.63, 3.8) is 0 Å². The Morgan fingerprint density at radius 2 is 1.88 bits per heavy atom. The number of hydrogen-bond donors (Lipinski definition) is 1. The molecule has 0 aliphatic rings. The molecule has 0 fully saturated rings. The molecule has 4 aromatic rings. The molecule has 3 aromatic heterocycles. The third kappa shape index (κ3) is 2.90. The first-order valence-electron chi connectivity index (χ1n) is 8.57. The molecule has 0 spiro atoms. The van der Waals surface area contributed by atoms with Gasteiger partial charge in [-0.1, -0.05) is 30.3 Å². The predicted octanol–water partition coefficient (Wildman–Crippen LogP) is 4.60. The number of nitrogens with one attached hydrogen (secondary N) is 1. The van der Waals surface area contributed by atoms with E-state index in [1.165, 1.54) is 5.56 Å². The summed E-state index contributed by atoms with van der Waals surface area (Å²) in [7, 11) is 0. The summed E-state index contributed by atoms with van der Waals surface area (Å²) in [6, 6.07) is 12.2. The second-order valence-corrected chi connectivity index (χ2v) is 6.15. The number of rotatable bonds is 4. The first kappa shape index (κ1) is 16.2. The molecule has 6 heteroatoms. The van der Waals surface area contributed by atoms with Gasteiger partial charge in [0.1, 0.15) is 0 Å². The van der Waals surface area contributed by atoms with Crippen LogP contribution in [0.4, 0.5) is 11.4 Å². The highest BCUT2D eigenvalue weighted by molar-refractivity contribution is 5.98. The van der Waals surface area contributed by atoms with Crippen molar-refractivity contribution in [2.24, 2.45) is 0 Å². The van der Waals surface area contributed by atoms with Gasteiger partial charge in [0.25, 0.3) is 5.89 Å². The van der Waals surface area contributed by atoms with Crippen molar-refractivity contribution in [1.82, 2.24) is 20.1 Å². The van der Waals surface area contributed by atoms with E-state index < -0.39 is 0 Å². The third-order valence-electron chi connectivity index (χ3n) is 4.28. The zero-order valence-electron chi connectivity index (χ0n) is 14.9. The van der Waals surface area contributed by atoms with E-state index in [4.69, 9.17) is 4.52 Å². The summed E-state index contributed by atoms with van der Waals surface area (Å²) in [6.45, 7) is 5.89. The Kier molecular flexibility index (Phi) is 4.08. The zero-order valence-corrected chi connectivity index (χ0v) is 14.9. The summed E-state index contributed by atoms with van der Waals surface area (Å²) in [5, 5.41) is 8.38. The third-order valence-corrected chi connectivity index (χ3v) is 4.28. The molecule has 6 nitrogen and oxygen atoms in total. The second kappa shape index (κ2) is 6.55. The molecule has 26 heavy (non-hydrogen) atoms. The minimum Gasteiger partial charge on any atom is -0.354 e. The molecule has 0 saturated heterocycles. The van der Waals surface area contributed by atoms with Gasteiger partial charge >= 0.3 is 0 Å². The summed E-state index contributed by atoms with van der Waals surface area (Å²) >= 11 is 0. The van der Waals surface area contributed by atoms with Crippen molar-refractivity contribution in [3.05, 3.63) is 59.7 Å². The Morgan fingerprint density at radius 3 is 2.65 bits per heavy atom. The van der Waals surface area contributed by atoms with Crippen molar-refractivity contribution in [2.45, 2.75) is 27.2 Å². The van der Waals surface area contributed by atoms with Crippen molar-refractivity contribution in [1.29, 1.82) is 0 Å². The number of pyridine rings is 2. The Labute approximate surface area is 151 Å². The standard InChI is InChI=1S/C20H19N5O/c1-4-14-7-5-6-8-17(14)24-18-15-10-9-12(2)22-19(15)21-11-16(18)20-23-13(3)25-26-20/h5-11H,4H2,1-3H3,(H,21,22,24). The highest BCUT2D eigenvalue weighted by Crippen LogP contribution is 2.35. The molecule has 0 aliphatic carbocycles. The van der Waals surface area contributed by atoms with Crippen LogP contribution in [0.3, 0.4) is 0 Å². The number of aryl methyl sites for hydroxylation is 3. The maximum absolute atomic E-state index is 5.40. The first-order valence-corrected chi connectivity index (χ1v) is 8.57. The number of hydrogen-bond acceptors (Lipinski definition) is 6. The molecule has 1 N–H and O–H groups in total. The number of benzene rings is 1. The molecule has 0 atom stereocenters. The lowest BCUT2D eigenvalue weighted by atomic mass is 10.1. The fraction of sp³-hybridized carbons (Fsp3) is 0.200. The summed E-state index contributed by atoms with van der Waals surface area (Å²) in [4.78, 5) is 13.4. The van der Waals surface area contributed by atoms with Crippen LogP contribution >= 0.6 is 0 Å². The van der Waals surface area contributed by atoms with Crippen molar-refractivity contribution >= 4 is 22.4 Å². The molecule has 1 aromatic carbocycles. The van der Waals surface area contributed by atoms with Gasteiger partial charge in [-0.25, -0.2) is 9.97 Å². The van der Waals surface area contributed by atoms with Gasteiger partial charge in [0.2, 0.25) is 0 Å². The fourth-order valence-electron chi connectivity index (χ4n) is 2.96. The molecule has 3 heterocycles. The van der Waals surface area contributed by atoms with Crippen LogP contribution in [0.2, 0.25) is 0 Å². The van der Waals surface area contributed by atoms with E-state index in [-0.39, 0.29) is 0 Å². The maximum Gasteiger partial charge on any atom is 0.261 e. The molecule has 0 radical (unpaired) electrons. The quantitative estimate of drug-likeness (QED) is 0.582. The smallest absolute Gasteiger partial charge is 0.261 e. The van der Waals surface area contributed by atoms with E-state index >= 15 is 0 Å². The van der Waals surface area contributed by atoms with E-state index in [2.05, 4.69) is 44.5 Å². The average Bonchev–Trinajstić information content (AvgIpc) is 3.08. The average molecular weight is 345 g/mol. The predicted molar refractivity (Wildman–Crippen MR) is 101 cm³/mol. The Morgan fingerprint density at radius 1 is 1.04 bits per heavy atom. The van der Waals surface area contributed by atoms with Crippen LogP contribution in [-0.4, -0.2) is 20.1 Å². The Bertz CT molecular complexity index is 1090. The van der Waals surface area contributed by atoms with Crippen molar-refractivity contribution < 1.29 is 4.52 Å². The molecule has 0 aliphatic heterocycles. The summed E-state index contributed by atoms with van der Waals surface area (Å²) in [5.41, 5.74) is 5.50. The maximum atomic E-state index is 5.40. The Hall–Kier alpha value is -3.28. The SMILES string of the molecule is CCc1ccccc1Nc1c(-c2nc(C)no2)cnc2nc(C)ccc12. The normalized spacial score (nSPS) is 11.0. The minimum atomic E-state index is 0.439. The molecular weight excluding hydrogens is 326 g/mol. The van der Waals surface area contributed by atoms with Gasteiger partial charge in [-0.05, 0) is 44.0 Å². The van der Waals surface area contributed by atoms with Gasteiger partial charge in [-0.15, -0.1) is 0 Å². The lowest BCUT2D eigenvalue weighted by Crippen LogP contribution is -2.00. The largest absolute Gasteiger partial charge is 0.354 e. The van der Waals surface area contributed by atoms with Crippen LogP contribution in [0.1, 0.15) is 24.0 Å². The van der Waals surface area contributed by atoms with Crippen LogP contribution in [0.5, 0.6) is 0 Å². The number of fused-ring (bicyclic) bond motifs is 1. The van der Waals surface area contributed by atoms with E-state index in [1.54, 1.807) is 13.1 Å². The van der Waals surface area contributed by atoms with Gasteiger partial charge < -0.3 is 9.84 Å². The molecule has 0 saturated carbocycles. The van der Waals surface area contributed by atoms with Gasteiger partial charge in [0, 0.05) is 23.0 Å². The zero-order chi connectivity index (χ0) is 18.1. The topological polar surface area (TPSA) is 76.7 Å². The van der Waals surface area contributed by atoms with Crippen molar-refractivity contribution in [3.8, 4) is 11.5 Å². The molecule has 4 rings (SSSR count). The fourth-order valence-corrected chi connectivity index (χ4v) is 2.96. The van der Waals surface area contributed by atoms with Gasteiger partial charge in [-0.3, -0.25) is 0 Å². The van der Waals surface area contributed by atoms with E-state index in [9.17, 15) is 0 Å². The number of aromatic nitrogens is 4. The molecule has 130 valence electrons. The van der Waals surface area contributed by atoms with E-state index in [1.807, 2.05) is 31.2 Å². The molecule has 0 amide bonds. The monoisotopic (exact) mass is 345 g/mol. The highest BCUT2D eigenvalue weighted by atomic mass is 16.5. The van der Waals surface area contributed by atoms with Crippen LogP contribution in [0, 0.1) is 13.8 Å². The number of para-hydroxylation sites is 1. The summed E-state index contributed by atoms with van der Waals surface area (Å²) < 4.78 is 5.40. The molecular formula is C20H19N5O. The molecule has 0 bridgehead atoms. The van der Waals surface area contributed by atoms with Crippen LogP contribution in [0.25, 0.3) is 22.5 Å². The number of anilines is 2. The first-order chi connectivity index (χ1) is 12.7. The lowest BCUT2D eigenvalue weighted by molar-refractivity contribution is 0.425. The van der Waals surface area contributed by atoms with E-state index in [0.717, 1.165) is 34.4 Å². The molecule has 0 unspecified atom stereocenters. The minimum absolute atomic E-state index is 0.439. The second-order valence-electron chi connectivity index (χ2n) is 6.15. The summed E-state index contributed by atoms with van der Waals surface area (Å²) in [6.07, 6.45) is 2.66.